The number of ether oxygens (including phenoxy) is 1. The number of unbranched alkanes of at least 4 members (excludes halogenated alkanes) is 17. The van der Waals surface area contributed by atoms with Crippen LogP contribution >= 0.6 is 0 Å². The van der Waals surface area contributed by atoms with Gasteiger partial charge in [-0.05, 0) is 58.3 Å². The van der Waals surface area contributed by atoms with Gasteiger partial charge >= 0.3 is 5.97 Å². The van der Waals surface area contributed by atoms with Crippen LogP contribution in [0, 0.1) is 0 Å². The molecule has 33 heavy (non-hydrogen) atoms. The summed E-state index contributed by atoms with van der Waals surface area (Å²) in [4.78, 5) is 11.9. The van der Waals surface area contributed by atoms with Crippen molar-refractivity contribution in [2.24, 2.45) is 0 Å². The zero-order chi connectivity index (χ0) is 24.2. The van der Waals surface area contributed by atoms with Crippen LogP contribution in [0.2, 0.25) is 0 Å². The van der Waals surface area contributed by atoms with E-state index in [1.54, 1.807) is 6.08 Å². The standard InChI is InChI=1S/C31H58O2/c1-4-7-9-11-13-14-15-16-17-18-19-20-22-24-26-28-30(29-31(32)33-6-3)27-25-23-21-12-10-8-5-2/h16-17,29H,4-15,18-28H2,1-3H3/b17-16-,30-29+. The number of allylic oxidation sites excluding steroid dienone is 3. The fraction of sp³-hybridized carbons (Fsp3) is 0.839. The lowest BCUT2D eigenvalue weighted by molar-refractivity contribution is -0.137. The van der Waals surface area contributed by atoms with E-state index in [4.69, 9.17) is 4.74 Å². The van der Waals surface area contributed by atoms with Crippen molar-refractivity contribution in [1.29, 1.82) is 0 Å². The van der Waals surface area contributed by atoms with Crippen LogP contribution in [0.25, 0.3) is 0 Å². The maximum Gasteiger partial charge on any atom is 0.330 e. The number of carbonyl (C=O) groups is 1. The van der Waals surface area contributed by atoms with Gasteiger partial charge in [-0.2, -0.15) is 0 Å². The highest BCUT2D eigenvalue weighted by atomic mass is 16.5. The van der Waals surface area contributed by atoms with Crippen molar-refractivity contribution in [3.05, 3.63) is 23.8 Å². The summed E-state index contributed by atoms with van der Waals surface area (Å²) < 4.78 is 5.15. The summed E-state index contributed by atoms with van der Waals surface area (Å²) >= 11 is 0. The minimum absolute atomic E-state index is 0.150. The Labute approximate surface area is 208 Å². The number of carbonyl (C=O) groups excluding carboxylic acids is 1. The first-order valence-electron chi connectivity index (χ1n) is 14.8. The second-order valence-corrected chi connectivity index (χ2v) is 9.76. The molecule has 0 aromatic rings. The largest absolute Gasteiger partial charge is 0.463 e. The molecule has 0 aliphatic heterocycles. The number of hydrogen-bond acceptors (Lipinski definition) is 2. The summed E-state index contributed by atoms with van der Waals surface area (Å²) in [6, 6.07) is 0. The molecule has 0 spiro atoms. The van der Waals surface area contributed by atoms with Gasteiger partial charge in [0.25, 0.3) is 0 Å². The molecule has 0 unspecified atom stereocenters. The summed E-state index contributed by atoms with van der Waals surface area (Å²) in [6.07, 6.45) is 35.2. The lowest BCUT2D eigenvalue weighted by Crippen LogP contribution is -2.01. The molecule has 2 heteroatoms. The Morgan fingerprint density at radius 3 is 1.36 bits per heavy atom. The Bertz CT molecular complexity index is 464. The summed E-state index contributed by atoms with van der Waals surface area (Å²) in [6.45, 7) is 6.89. The van der Waals surface area contributed by atoms with E-state index >= 15 is 0 Å². The van der Waals surface area contributed by atoms with Crippen molar-refractivity contribution >= 4 is 5.97 Å². The maximum absolute atomic E-state index is 11.9. The average molecular weight is 463 g/mol. The van der Waals surface area contributed by atoms with Crippen LogP contribution in [0.3, 0.4) is 0 Å². The minimum Gasteiger partial charge on any atom is -0.463 e. The van der Waals surface area contributed by atoms with Crippen LogP contribution in [0.1, 0.15) is 162 Å². The monoisotopic (exact) mass is 462 g/mol. The number of hydrogen-bond donors (Lipinski definition) is 0. The molecule has 0 aromatic heterocycles. The predicted molar refractivity (Wildman–Crippen MR) is 147 cm³/mol. The van der Waals surface area contributed by atoms with E-state index in [1.807, 2.05) is 6.92 Å². The fourth-order valence-electron chi connectivity index (χ4n) is 4.35. The molecule has 0 heterocycles. The van der Waals surface area contributed by atoms with E-state index in [-0.39, 0.29) is 5.97 Å². The van der Waals surface area contributed by atoms with Gasteiger partial charge in [0.15, 0.2) is 0 Å². The van der Waals surface area contributed by atoms with Crippen LogP contribution in [-0.4, -0.2) is 12.6 Å². The van der Waals surface area contributed by atoms with Gasteiger partial charge in [-0.1, -0.05) is 121 Å². The first-order valence-corrected chi connectivity index (χ1v) is 14.8. The number of rotatable bonds is 25. The third-order valence-corrected chi connectivity index (χ3v) is 6.47. The van der Waals surface area contributed by atoms with E-state index in [9.17, 15) is 4.79 Å². The number of esters is 1. The molecule has 0 aliphatic carbocycles. The molecule has 0 saturated heterocycles. The van der Waals surface area contributed by atoms with E-state index in [2.05, 4.69) is 26.0 Å². The van der Waals surface area contributed by atoms with Crippen LogP contribution in [0.15, 0.2) is 23.8 Å². The van der Waals surface area contributed by atoms with Gasteiger partial charge in [-0.25, -0.2) is 4.79 Å². The van der Waals surface area contributed by atoms with Gasteiger partial charge < -0.3 is 4.74 Å². The van der Waals surface area contributed by atoms with Crippen LogP contribution in [0.5, 0.6) is 0 Å². The van der Waals surface area contributed by atoms with Crippen molar-refractivity contribution < 1.29 is 9.53 Å². The molecule has 0 radical (unpaired) electrons. The first-order chi connectivity index (χ1) is 16.2. The smallest absolute Gasteiger partial charge is 0.330 e. The quantitative estimate of drug-likeness (QED) is 0.0583. The van der Waals surface area contributed by atoms with Crippen molar-refractivity contribution in [2.45, 2.75) is 162 Å². The molecule has 0 fully saturated rings. The van der Waals surface area contributed by atoms with Crippen LogP contribution in [0.4, 0.5) is 0 Å². The molecule has 0 aliphatic rings. The Balaban J connectivity index is 3.80. The van der Waals surface area contributed by atoms with Gasteiger partial charge in [-0.3, -0.25) is 0 Å². The average Bonchev–Trinajstić information content (AvgIpc) is 2.80. The maximum atomic E-state index is 11.9. The van der Waals surface area contributed by atoms with Gasteiger partial charge in [0.2, 0.25) is 0 Å². The fourth-order valence-corrected chi connectivity index (χ4v) is 4.35. The molecular weight excluding hydrogens is 404 g/mol. The second-order valence-electron chi connectivity index (χ2n) is 9.76. The molecule has 0 rings (SSSR count). The highest BCUT2D eigenvalue weighted by Crippen LogP contribution is 2.19. The van der Waals surface area contributed by atoms with Gasteiger partial charge in [-0.15, -0.1) is 0 Å². The molecule has 0 amide bonds. The van der Waals surface area contributed by atoms with Gasteiger partial charge in [0.05, 0.1) is 6.61 Å². The topological polar surface area (TPSA) is 26.3 Å². The van der Waals surface area contributed by atoms with Crippen molar-refractivity contribution in [3.8, 4) is 0 Å². The zero-order valence-corrected chi connectivity index (χ0v) is 22.8. The molecule has 0 atom stereocenters. The molecule has 2 nitrogen and oxygen atoms in total. The highest BCUT2D eigenvalue weighted by Gasteiger charge is 2.04. The second kappa shape index (κ2) is 27.2. The minimum atomic E-state index is -0.150. The summed E-state index contributed by atoms with van der Waals surface area (Å²) in [7, 11) is 0. The van der Waals surface area contributed by atoms with Crippen molar-refractivity contribution in [2.75, 3.05) is 6.61 Å². The van der Waals surface area contributed by atoms with Crippen molar-refractivity contribution in [1.82, 2.24) is 0 Å². The normalized spacial score (nSPS) is 12.0. The Morgan fingerprint density at radius 1 is 0.545 bits per heavy atom. The van der Waals surface area contributed by atoms with E-state index in [1.165, 1.54) is 134 Å². The predicted octanol–water partition coefficient (Wildman–Crippen LogP) is 10.7. The van der Waals surface area contributed by atoms with Crippen molar-refractivity contribution in [3.63, 3.8) is 0 Å². The lowest BCUT2D eigenvalue weighted by atomic mass is 9.99. The Morgan fingerprint density at radius 2 is 0.939 bits per heavy atom. The van der Waals surface area contributed by atoms with Gasteiger partial charge in [0, 0.05) is 6.08 Å². The SMILES string of the molecule is CCCCCCCC/C=C\CCCCCCC/C(=C/C(=O)OCC)CCCCCCCCC. The third-order valence-electron chi connectivity index (χ3n) is 6.47. The molecule has 0 saturated carbocycles. The molecule has 0 aromatic carbocycles. The lowest BCUT2D eigenvalue weighted by Gasteiger charge is -2.08. The Hall–Kier alpha value is -1.05. The first kappa shape index (κ1) is 31.9. The van der Waals surface area contributed by atoms with E-state index in [0.29, 0.717) is 6.61 Å². The summed E-state index contributed by atoms with van der Waals surface area (Å²) in [5.41, 5.74) is 1.31. The van der Waals surface area contributed by atoms with E-state index in [0.717, 1.165) is 12.8 Å². The molecule has 0 N–H and O–H groups in total. The van der Waals surface area contributed by atoms with Gasteiger partial charge in [0.1, 0.15) is 0 Å². The third kappa shape index (κ3) is 25.4. The molecule has 0 bridgehead atoms. The highest BCUT2D eigenvalue weighted by molar-refractivity contribution is 5.82. The molecular formula is C31H58O2. The van der Waals surface area contributed by atoms with Crippen LogP contribution in [-0.2, 0) is 9.53 Å². The van der Waals surface area contributed by atoms with Crippen LogP contribution < -0.4 is 0 Å². The zero-order valence-electron chi connectivity index (χ0n) is 22.8. The summed E-state index contributed by atoms with van der Waals surface area (Å²) in [5, 5.41) is 0. The van der Waals surface area contributed by atoms with E-state index < -0.39 is 0 Å². The summed E-state index contributed by atoms with van der Waals surface area (Å²) in [5.74, 6) is -0.150. The Kier molecular flexibility index (Phi) is 26.3. The molecule has 194 valence electrons.